The molecule has 0 unspecified atom stereocenters. The van der Waals surface area contributed by atoms with Crippen molar-refractivity contribution in [3.63, 3.8) is 0 Å². The number of carboxylic acids is 1. The smallest absolute Gasteiger partial charge is 0.547 e. The Balaban J connectivity index is 0.00000121. The molecule has 0 aromatic heterocycles. The van der Waals surface area contributed by atoms with Gasteiger partial charge in [-0.05, 0) is 20.8 Å². The van der Waals surface area contributed by atoms with Crippen LogP contribution in [0.2, 0.25) is 0 Å². The van der Waals surface area contributed by atoms with Gasteiger partial charge in [0.05, 0.1) is 12.6 Å². The summed E-state index contributed by atoms with van der Waals surface area (Å²) < 4.78 is 10.2. The SMILES string of the molecule is CC1(C)OC[C@@](C)(C(=O)[O-])O1.[Li+]. The minimum Gasteiger partial charge on any atom is -0.547 e. The number of carbonyl (C=O) groups excluding carboxylic acids is 1. The predicted octanol–water partition coefficient (Wildman–Crippen LogP) is -3.72. The third kappa shape index (κ3) is 2.24. The molecule has 1 heterocycles. The van der Waals surface area contributed by atoms with E-state index < -0.39 is 17.4 Å². The normalized spacial score (nSPS) is 32.6. The Bertz CT molecular complexity index is 192. The molecule has 1 aliphatic heterocycles. The fourth-order valence-electron chi connectivity index (χ4n) is 1.01. The van der Waals surface area contributed by atoms with Crippen LogP contribution in [0.25, 0.3) is 0 Å². The zero-order valence-corrected chi connectivity index (χ0v) is 7.84. The van der Waals surface area contributed by atoms with E-state index in [0.29, 0.717) is 0 Å². The molecule has 0 aliphatic carbocycles. The van der Waals surface area contributed by atoms with Gasteiger partial charge in [0, 0.05) is 0 Å². The Labute approximate surface area is 83.4 Å². The molecule has 1 rings (SSSR count). The zero-order chi connectivity index (χ0) is 8.70. The van der Waals surface area contributed by atoms with Crippen LogP contribution in [0.3, 0.4) is 0 Å². The van der Waals surface area contributed by atoms with Crippen molar-refractivity contribution >= 4 is 5.97 Å². The van der Waals surface area contributed by atoms with Crippen molar-refractivity contribution in [2.24, 2.45) is 0 Å². The summed E-state index contributed by atoms with van der Waals surface area (Å²) >= 11 is 0. The zero-order valence-electron chi connectivity index (χ0n) is 7.84. The third-order valence-corrected chi connectivity index (χ3v) is 1.60. The second-order valence-corrected chi connectivity index (χ2v) is 3.31. The molecule has 4 nitrogen and oxygen atoms in total. The van der Waals surface area contributed by atoms with Gasteiger partial charge in [-0.3, -0.25) is 0 Å². The molecular formula is C7H11LiO4. The predicted molar refractivity (Wildman–Crippen MR) is 34.5 cm³/mol. The van der Waals surface area contributed by atoms with Crippen molar-refractivity contribution in [1.29, 1.82) is 0 Å². The second kappa shape index (κ2) is 3.39. The number of aliphatic carboxylic acids is 1. The minimum atomic E-state index is -1.29. The standard InChI is InChI=1S/C7H12O4.Li/c1-6(2)10-4-7(3,11-6)5(8)9;/h4H2,1-3H3,(H,8,9);/q;+1/p-1/t7-;/m0./s1. The van der Waals surface area contributed by atoms with Gasteiger partial charge in [0.15, 0.2) is 5.79 Å². The van der Waals surface area contributed by atoms with Crippen LogP contribution in [-0.4, -0.2) is 24.0 Å². The minimum absolute atomic E-state index is 0. The number of hydrogen-bond acceptors (Lipinski definition) is 4. The Kier molecular flexibility index (Phi) is 3.38. The fourth-order valence-corrected chi connectivity index (χ4v) is 1.01. The summed E-state index contributed by atoms with van der Waals surface area (Å²) in [6.45, 7) is 4.82. The van der Waals surface area contributed by atoms with Gasteiger partial charge in [-0.15, -0.1) is 0 Å². The molecule has 0 saturated carbocycles. The number of hydrogen-bond donors (Lipinski definition) is 0. The molecule has 0 amide bonds. The third-order valence-electron chi connectivity index (χ3n) is 1.60. The molecule has 0 N–H and O–H groups in total. The maximum absolute atomic E-state index is 10.5. The largest absolute Gasteiger partial charge is 1.00 e. The Morgan fingerprint density at radius 1 is 1.42 bits per heavy atom. The molecule has 12 heavy (non-hydrogen) atoms. The molecule has 0 spiro atoms. The van der Waals surface area contributed by atoms with Crippen LogP contribution in [0.5, 0.6) is 0 Å². The van der Waals surface area contributed by atoms with Crippen molar-refractivity contribution in [1.82, 2.24) is 0 Å². The van der Waals surface area contributed by atoms with Crippen molar-refractivity contribution in [3.8, 4) is 0 Å². The van der Waals surface area contributed by atoms with Crippen LogP contribution in [-0.2, 0) is 14.3 Å². The first-order valence-electron chi connectivity index (χ1n) is 3.41. The summed E-state index contributed by atoms with van der Waals surface area (Å²) in [4.78, 5) is 10.5. The number of ether oxygens (including phenoxy) is 2. The molecule has 0 radical (unpaired) electrons. The van der Waals surface area contributed by atoms with Gasteiger partial charge < -0.3 is 19.4 Å². The summed E-state index contributed by atoms with van der Waals surface area (Å²) in [5.74, 6) is -2.04. The van der Waals surface area contributed by atoms with Gasteiger partial charge in [0.2, 0.25) is 0 Å². The second-order valence-electron chi connectivity index (χ2n) is 3.31. The Morgan fingerprint density at radius 3 is 2.08 bits per heavy atom. The Morgan fingerprint density at radius 2 is 1.92 bits per heavy atom. The molecule has 0 aromatic rings. The molecule has 5 heteroatoms. The van der Waals surface area contributed by atoms with Crippen molar-refractivity contribution in [3.05, 3.63) is 0 Å². The molecule has 1 saturated heterocycles. The molecule has 1 atom stereocenters. The van der Waals surface area contributed by atoms with Crippen LogP contribution in [0.15, 0.2) is 0 Å². The van der Waals surface area contributed by atoms with E-state index in [4.69, 9.17) is 9.47 Å². The van der Waals surface area contributed by atoms with E-state index in [1.807, 2.05) is 0 Å². The van der Waals surface area contributed by atoms with Crippen LogP contribution < -0.4 is 24.0 Å². The molecule has 1 aliphatic rings. The van der Waals surface area contributed by atoms with E-state index in [-0.39, 0.29) is 25.5 Å². The monoisotopic (exact) mass is 166 g/mol. The van der Waals surface area contributed by atoms with Crippen molar-refractivity contribution < 1.29 is 38.2 Å². The first-order valence-corrected chi connectivity index (χ1v) is 3.41. The molecular weight excluding hydrogens is 155 g/mol. The number of rotatable bonds is 1. The summed E-state index contributed by atoms with van der Waals surface area (Å²) in [6, 6.07) is 0. The average molecular weight is 166 g/mol. The summed E-state index contributed by atoms with van der Waals surface area (Å²) in [6.07, 6.45) is 0. The van der Waals surface area contributed by atoms with Gasteiger partial charge >= 0.3 is 18.9 Å². The van der Waals surface area contributed by atoms with Crippen LogP contribution in [0.1, 0.15) is 20.8 Å². The summed E-state index contributed by atoms with van der Waals surface area (Å²) in [5, 5.41) is 10.5. The quantitative estimate of drug-likeness (QED) is 0.376. The maximum Gasteiger partial charge on any atom is 1.00 e. The van der Waals surface area contributed by atoms with Crippen LogP contribution in [0, 0.1) is 0 Å². The van der Waals surface area contributed by atoms with Crippen molar-refractivity contribution in [2.45, 2.75) is 32.2 Å². The van der Waals surface area contributed by atoms with Crippen LogP contribution in [0.4, 0.5) is 0 Å². The summed E-state index contributed by atoms with van der Waals surface area (Å²) in [7, 11) is 0. The maximum atomic E-state index is 10.5. The van der Waals surface area contributed by atoms with Gasteiger partial charge in [-0.1, -0.05) is 0 Å². The van der Waals surface area contributed by atoms with E-state index in [2.05, 4.69) is 0 Å². The van der Waals surface area contributed by atoms with Crippen molar-refractivity contribution in [2.75, 3.05) is 6.61 Å². The topological polar surface area (TPSA) is 58.6 Å². The molecule has 0 aromatic carbocycles. The first-order chi connectivity index (χ1) is 4.86. The molecule has 1 fully saturated rings. The first kappa shape index (κ1) is 12.0. The Hall–Kier alpha value is -0.0126. The van der Waals surface area contributed by atoms with E-state index in [1.165, 1.54) is 6.92 Å². The number of carboxylic acid groups (broad SMARTS) is 1. The van der Waals surface area contributed by atoms with Gasteiger partial charge in [-0.25, -0.2) is 0 Å². The molecule has 64 valence electrons. The molecule has 0 bridgehead atoms. The van der Waals surface area contributed by atoms with E-state index in [0.717, 1.165) is 0 Å². The average Bonchev–Trinajstić information content (AvgIpc) is 2.08. The number of carbonyl (C=O) groups is 1. The summed E-state index contributed by atoms with van der Waals surface area (Å²) in [5.41, 5.74) is -1.29. The van der Waals surface area contributed by atoms with E-state index >= 15 is 0 Å². The van der Waals surface area contributed by atoms with Crippen LogP contribution >= 0.6 is 0 Å². The van der Waals surface area contributed by atoms with Gasteiger partial charge in [0.25, 0.3) is 0 Å². The van der Waals surface area contributed by atoms with E-state index in [1.54, 1.807) is 13.8 Å². The van der Waals surface area contributed by atoms with Gasteiger partial charge in [-0.2, -0.15) is 0 Å². The fraction of sp³-hybridized carbons (Fsp3) is 0.857. The van der Waals surface area contributed by atoms with E-state index in [9.17, 15) is 9.90 Å². The van der Waals surface area contributed by atoms with Gasteiger partial charge in [0.1, 0.15) is 5.60 Å².